The molecule has 0 saturated carbocycles. The lowest BCUT2D eigenvalue weighted by atomic mass is 10.1. The number of rotatable bonds is 8. The van der Waals surface area contributed by atoms with E-state index >= 15 is 0 Å². The van der Waals surface area contributed by atoms with Gasteiger partial charge in [0.2, 0.25) is 0 Å². The molecule has 3 rings (SSSR count). The first-order valence-corrected chi connectivity index (χ1v) is 11.1. The topological polar surface area (TPSA) is 114 Å². The molecular formula is C23H23IN2O7. The maximum Gasteiger partial charge on any atom is 0.331 e. The highest BCUT2D eigenvalue weighted by molar-refractivity contribution is 14.1. The van der Waals surface area contributed by atoms with Gasteiger partial charge in [-0.15, -0.1) is 0 Å². The lowest BCUT2D eigenvalue weighted by Crippen LogP contribution is -2.53. The first kappa shape index (κ1) is 24.4. The third-order valence-corrected chi connectivity index (χ3v) is 5.62. The Balaban J connectivity index is 1.90. The molecule has 0 spiro atoms. The van der Waals surface area contributed by atoms with Crippen LogP contribution in [0.25, 0.3) is 6.08 Å². The van der Waals surface area contributed by atoms with Crippen molar-refractivity contribution in [1.29, 1.82) is 0 Å². The summed E-state index contributed by atoms with van der Waals surface area (Å²) in [5.41, 5.74) is 0.864. The zero-order valence-electron chi connectivity index (χ0n) is 18.3. The molecule has 0 unspecified atom stereocenters. The predicted octanol–water partition coefficient (Wildman–Crippen LogP) is 3.46. The quantitative estimate of drug-likeness (QED) is 0.286. The summed E-state index contributed by atoms with van der Waals surface area (Å²) < 4.78 is 16.6. The van der Waals surface area contributed by atoms with Crippen LogP contribution in [0.5, 0.6) is 23.0 Å². The number of carbonyl (C=O) groups is 3. The zero-order chi connectivity index (χ0) is 24.1. The molecule has 0 atom stereocenters. The molecule has 4 amide bonds. The van der Waals surface area contributed by atoms with E-state index in [-0.39, 0.29) is 23.6 Å². The fourth-order valence-corrected chi connectivity index (χ4v) is 3.79. The van der Waals surface area contributed by atoms with Gasteiger partial charge in [0.15, 0.2) is 23.0 Å². The number of phenols is 1. The van der Waals surface area contributed by atoms with E-state index in [1.165, 1.54) is 26.4 Å². The summed E-state index contributed by atoms with van der Waals surface area (Å²) in [5.74, 6) is -0.354. The molecule has 1 heterocycles. The number of hydrogen-bond donors (Lipinski definition) is 2. The zero-order valence-corrected chi connectivity index (χ0v) is 20.5. The SMILES string of the molecule is CCCOc1ccc(CN2C(=O)NC(=O)/C(=C\c3cc(I)c(O)c(OC)c3)C2=O)cc1OC. The highest BCUT2D eigenvalue weighted by Crippen LogP contribution is 2.33. The minimum atomic E-state index is -0.815. The molecule has 10 heteroatoms. The van der Waals surface area contributed by atoms with Crippen molar-refractivity contribution in [1.82, 2.24) is 10.2 Å². The molecule has 1 fully saturated rings. The van der Waals surface area contributed by atoms with Gasteiger partial charge in [0.25, 0.3) is 11.8 Å². The van der Waals surface area contributed by atoms with Crippen molar-refractivity contribution in [3.05, 3.63) is 50.6 Å². The number of hydrogen-bond acceptors (Lipinski definition) is 7. The summed E-state index contributed by atoms with van der Waals surface area (Å²) in [6.07, 6.45) is 2.19. The van der Waals surface area contributed by atoms with Crippen LogP contribution < -0.4 is 19.5 Å². The number of benzene rings is 2. The second-order valence-corrected chi connectivity index (χ2v) is 8.26. The maximum absolute atomic E-state index is 13.1. The van der Waals surface area contributed by atoms with E-state index in [1.54, 1.807) is 24.3 Å². The Morgan fingerprint density at radius 1 is 1.06 bits per heavy atom. The molecule has 9 nitrogen and oxygen atoms in total. The van der Waals surface area contributed by atoms with E-state index in [1.807, 2.05) is 29.5 Å². The van der Waals surface area contributed by atoms with Crippen LogP contribution in [0.4, 0.5) is 4.79 Å². The lowest BCUT2D eigenvalue weighted by Gasteiger charge is -2.26. The van der Waals surface area contributed by atoms with Crippen molar-refractivity contribution in [2.75, 3.05) is 20.8 Å². The number of imide groups is 2. The average Bonchev–Trinajstić information content (AvgIpc) is 2.80. The normalized spacial score (nSPS) is 15.0. The second-order valence-electron chi connectivity index (χ2n) is 7.10. The molecule has 2 aromatic rings. The van der Waals surface area contributed by atoms with Crippen LogP contribution in [0, 0.1) is 3.57 Å². The fraction of sp³-hybridized carbons (Fsp3) is 0.261. The summed E-state index contributed by atoms with van der Waals surface area (Å²) in [6, 6.07) is 7.38. The van der Waals surface area contributed by atoms with Gasteiger partial charge in [0.05, 0.1) is 30.9 Å². The van der Waals surface area contributed by atoms with E-state index < -0.39 is 17.8 Å². The summed E-state index contributed by atoms with van der Waals surface area (Å²) >= 11 is 1.91. The van der Waals surface area contributed by atoms with Crippen molar-refractivity contribution >= 4 is 46.5 Å². The molecular weight excluding hydrogens is 543 g/mol. The molecule has 0 aliphatic carbocycles. The first-order valence-electron chi connectivity index (χ1n) is 10.0. The number of amides is 4. The van der Waals surface area contributed by atoms with Gasteiger partial charge in [-0.2, -0.15) is 0 Å². The molecule has 33 heavy (non-hydrogen) atoms. The van der Waals surface area contributed by atoms with E-state index in [0.29, 0.717) is 32.8 Å². The first-order chi connectivity index (χ1) is 15.8. The van der Waals surface area contributed by atoms with Crippen molar-refractivity contribution in [3.63, 3.8) is 0 Å². The Morgan fingerprint density at radius 2 is 1.79 bits per heavy atom. The molecule has 0 bridgehead atoms. The van der Waals surface area contributed by atoms with Crippen LogP contribution >= 0.6 is 22.6 Å². The Bertz CT molecular complexity index is 1130. The third kappa shape index (κ3) is 5.38. The van der Waals surface area contributed by atoms with E-state index in [2.05, 4.69) is 5.32 Å². The van der Waals surface area contributed by atoms with Gasteiger partial charge in [0.1, 0.15) is 5.57 Å². The van der Waals surface area contributed by atoms with Crippen molar-refractivity contribution in [2.24, 2.45) is 0 Å². The molecule has 0 radical (unpaired) electrons. The average molecular weight is 566 g/mol. The van der Waals surface area contributed by atoms with Crippen LogP contribution in [0.3, 0.4) is 0 Å². The Kier molecular flexibility index (Phi) is 7.79. The van der Waals surface area contributed by atoms with Gasteiger partial charge in [-0.05, 0) is 70.5 Å². The number of urea groups is 1. The van der Waals surface area contributed by atoms with Crippen LogP contribution in [0.1, 0.15) is 24.5 Å². The molecule has 1 saturated heterocycles. The van der Waals surface area contributed by atoms with Gasteiger partial charge < -0.3 is 19.3 Å². The monoisotopic (exact) mass is 566 g/mol. The highest BCUT2D eigenvalue weighted by atomic mass is 127. The predicted molar refractivity (Wildman–Crippen MR) is 128 cm³/mol. The number of ether oxygens (including phenoxy) is 3. The number of barbiturate groups is 1. The maximum atomic E-state index is 13.1. The Morgan fingerprint density at radius 3 is 2.45 bits per heavy atom. The Labute approximate surface area is 204 Å². The molecule has 174 valence electrons. The van der Waals surface area contributed by atoms with Gasteiger partial charge in [-0.25, -0.2) is 4.79 Å². The van der Waals surface area contributed by atoms with Crippen LogP contribution in [-0.4, -0.2) is 48.7 Å². The number of nitrogens with one attached hydrogen (secondary N) is 1. The Hall–Kier alpha value is -3.28. The fourth-order valence-electron chi connectivity index (χ4n) is 3.16. The minimum Gasteiger partial charge on any atom is -0.504 e. The minimum absolute atomic E-state index is 0.0446. The van der Waals surface area contributed by atoms with Crippen molar-refractivity contribution in [3.8, 4) is 23.0 Å². The third-order valence-electron chi connectivity index (χ3n) is 4.80. The van der Waals surface area contributed by atoms with Crippen LogP contribution in [-0.2, 0) is 16.1 Å². The standard InChI is InChI=1S/C23H23IN2O7/c1-4-7-33-17-6-5-13(10-18(17)31-2)12-26-22(29)15(21(28)25-23(26)30)8-14-9-16(24)20(27)19(11-14)32-3/h5-6,8-11,27H,4,7,12H2,1-3H3,(H,25,28,30)/b15-8+. The van der Waals surface area contributed by atoms with E-state index in [0.717, 1.165) is 11.3 Å². The molecule has 1 aliphatic rings. The number of carbonyl (C=O) groups excluding carboxylic acids is 3. The second kappa shape index (κ2) is 10.6. The summed E-state index contributed by atoms with van der Waals surface area (Å²) in [6.45, 7) is 2.44. The van der Waals surface area contributed by atoms with Crippen molar-refractivity contribution in [2.45, 2.75) is 19.9 Å². The van der Waals surface area contributed by atoms with Crippen LogP contribution in [0.2, 0.25) is 0 Å². The van der Waals surface area contributed by atoms with E-state index in [4.69, 9.17) is 14.2 Å². The number of phenolic OH excluding ortho intramolecular Hbond substituents is 1. The van der Waals surface area contributed by atoms with Gasteiger partial charge >= 0.3 is 6.03 Å². The largest absolute Gasteiger partial charge is 0.504 e. The van der Waals surface area contributed by atoms with Gasteiger partial charge in [-0.3, -0.25) is 19.8 Å². The summed E-state index contributed by atoms with van der Waals surface area (Å²) in [7, 11) is 2.90. The van der Waals surface area contributed by atoms with Crippen LogP contribution in [0.15, 0.2) is 35.9 Å². The van der Waals surface area contributed by atoms with Crippen molar-refractivity contribution < 1.29 is 33.7 Å². The lowest BCUT2D eigenvalue weighted by molar-refractivity contribution is -0.130. The van der Waals surface area contributed by atoms with Gasteiger partial charge in [0, 0.05) is 0 Å². The molecule has 2 N–H and O–H groups in total. The summed E-state index contributed by atoms with van der Waals surface area (Å²) in [5, 5.41) is 12.2. The number of halogens is 1. The molecule has 2 aromatic carbocycles. The highest BCUT2D eigenvalue weighted by Gasteiger charge is 2.36. The number of nitrogens with zero attached hydrogens (tertiary/aromatic N) is 1. The number of aromatic hydroxyl groups is 1. The van der Waals surface area contributed by atoms with E-state index in [9.17, 15) is 19.5 Å². The van der Waals surface area contributed by atoms with Gasteiger partial charge in [-0.1, -0.05) is 13.0 Å². The molecule has 0 aromatic heterocycles. The molecule has 1 aliphatic heterocycles. The smallest absolute Gasteiger partial charge is 0.331 e. The number of methoxy groups -OCH3 is 2. The summed E-state index contributed by atoms with van der Waals surface area (Å²) in [4.78, 5) is 38.8.